The maximum atomic E-state index is 12.7. The molecule has 0 spiro atoms. The first-order chi connectivity index (χ1) is 13.6. The second-order valence-electron chi connectivity index (χ2n) is 7.03. The van der Waals surface area contributed by atoms with Crippen molar-refractivity contribution in [2.75, 3.05) is 5.32 Å². The van der Waals surface area contributed by atoms with Gasteiger partial charge in [-0.05, 0) is 36.2 Å². The molecule has 1 amide bonds. The van der Waals surface area contributed by atoms with Gasteiger partial charge in [0.25, 0.3) is 5.89 Å². The number of aryl methyl sites for hydroxylation is 1. The fourth-order valence-electron chi connectivity index (χ4n) is 2.77. The predicted molar refractivity (Wildman–Crippen MR) is 102 cm³/mol. The number of carbonyl (C=O) groups excluding carboxylic acids is 1. The maximum Gasteiger partial charge on any atom is 0.416 e. The van der Waals surface area contributed by atoms with Gasteiger partial charge in [0.05, 0.1) is 23.2 Å². The number of alkyl halides is 3. The van der Waals surface area contributed by atoms with Crippen LogP contribution in [0.3, 0.4) is 0 Å². The Hall–Kier alpha value is -3.16. The molecule has 3 aromatic rings. The summed E-state index contributed by atoms with van der Waals surface area (Å²) in [6.45, 7) is 5.71. The van der Waals surface area contributed by atoms with E-state index in [0.717, 1.165) is 17.7 Å². The van der Waals surface area contributed by atoms with E-state index in [9.17, 15) is 18.0 Å². The van der Waals surface area contributed by atoms with Crippen LogP contribution in [0.2, 0.25) is 0 Å². The Kier molecular flexibility index (Phi) is 5.72. The van der Waals surface area contributed by atoms with Crippen molar-refractivity contribution >= 4 is 11.6 Å². The highest BCUT2D eigenvalue weighted by Gasteiger charge is 2.30. The molecule has 0 unspecified atom stereocenters. The lowest BCUT2D eigenvalue weighted by Crippen LogP contribution is -2.16. The molecule has 29 heavy (non-hydrogen) atoms. The van der Waals surface area contributed by atoms with Crippen LogP contribution >= 0.6 is 0 Å². The lowest BCUT2D eigenvalue weighted by Gasteiger charge is -2.12. The van der Waals surface area contributed by atoms with Gasteiger partial charge in [-0.3, -0.25) is 4.79 Å². The third-order valence-corrected chi connectivity index (χ3v) is 4.37. The van der Waals surface area contributed by atoms with Crippen LogP contribution in [0, 0.1) is 6.92 Å². The number of hydrogen-bond donors (Lipinski definition) is 1. The number of benzene rings is 2. The normalized spacial score (nSPS) is 11.7. The van der Waals surface area contributed by atoms with Crippen LogP contribution < -0.4 is 5.32 Å². The van der Waals surface area contributed by atoms with E-state index in [1.54, 1.807) is 6.07 Å². The largest absolute Gasteiger partial charge is 0.416 e. The summed E-state index contributed by atoms with van der Waals surface area (Å²) in [5.41, 5.74) is 1.65. The van der Waals surface area contributed by atoms with E-state index in [1.165, 1.54) is 12.1 Å². The first-order valence-electron chi connectivity index (χ1n) is 9.04. The van der Waals surface area contributed by atoms with Gasteiger partial charge in [0.1, 0.15) is 0 Å². The Morgan fingerprint density at radius 2 is 1.83 bits per heavy atom. The molecule has 152 valence electrons. The zero-order valence-electron chi connectivity index (χ0n) is 16.2. The van der Waals surface area contributed by atoms with Crippen molar-refractivity contribution in [3.05, 3.63) is 65.0 Å². The number of para-hydroxylation sites is 1. The Bertz CT molecular complexity index is 1010. The Morgan fingerprint density at radius 1 is 1.14 bits per heavy atom. The minimum Gasteiger partial charge on any atom is -0.334 e. The zero-order valence-corrected chi connectivity index (χ0v) is 16.2. The summed E-state index contributed by atoms with van der Waals surface area (Å²) >= 11 is 0. The molecule has 0 aliphatic carbocycles. The van der Waals surface area contributed by atoms with Crippen LogP contribution in [0.5, 0.6) is 0 Å². The van der Waals surface area contributed by atoms with Gasteiger partial charge in [0, 0.05) is 5.92 Å². The summed E-state index contributed by atoms with van der Waals surface area (Å²) in [4.78, 5) is 16.9. The van der Waals surface area contributed by atoms with Gasteiger partial charge in [0.2, 0.25) is 5.91 Å². The molecule has 0 bridgehead atoms. The summed E-state index contributed by atoms with van der Waals surface area (Å²) in [5.74, 6) is 0.588. The van der Waals surface area contributed by atoms with Crippen molar-refractivity contribution in [1.29, 1.82) is 0 Å². The highest BCUT2D eigenvalue weighted by Crippen LogP contribution is 2.31. The van der Waals surface area contributed by atoms with E-state index < -0.39 is 11.7 Å². The molecule has 1 heterocycles. The van der Waals surface area contributed by atoms with Gasteiger partial charge in [-0.1, -0.05) is 43.3 Å². The minimum absolute atomic E-state index is 0.0625. The molecule has 0 aliphatic rings. The molecular weight excluding hydrogens is 383 g/mol. The molecular formula is C21H20F3N3O2. The van der Waals surface area contributed by atoms with Crippen LogP contribution in [0.25, 0.3) is 11.5 Å². The third-order valence-electron chi connectivity index (χ3n) is 4.37. The predicted octanol–water partition coefficient (Wildman–Crippen LogP) is 5.37. The summed E-state index contributed by atoms with van der Waals surface area (Å²) in [7, 11) is 0. The first kappa shape index (κ1) is 20.6. The van der Waals surface area contributed by atoms with Crippen LogP contribution in [0.1, 0.15) is 42.3 Å². The van der Waals surface area contributed by atoms with Crippen LogP contribution in [-0.4, -0.2) is 16.0 Å². The smallest absolute Gasteiger partial charge is 0.334 e. The number of carbonyl (C=O) groups is 1. The van der Waals surface area contributed by atoms with Crippen molar-refractivity contribution in [1.82, 2.24) is 10.1 Å². The molecule has 0 aliphatic heterocycles. The number of amides is 1. The molecule has 2 aromatic carbocycles. The van der Waals surface area contributed by atoms with Gasteiger partial charge in [-0.15, -0.1) is 0 Å². The van der Waals surface area contributed by atoms with E-state index in [2.05, 4.69) is 15.5 Å². The molecule has 3 rings (SSSR count). The van der Waals surface area contributed by atoms with Crippen molar-refractivity contribution in [3.63, 3.8) is 0 Å². The average Bonchev–Trinajstić information content (AvgIpc) is 3.13. The standard InChI is InChI=1S/C21H20F3N3O2/c1-12(2)19-26-20(29-27-19)16-6-4-5-13(3)18(16)25-17(28)11-14-7-9-15(10-8-14)21(22,23)24/h4-10,12H,11H2,1-3H3,(H,25,28). The van der Waals surface area contributed by atoms with Gasteiger partial charge < -0.3 is 9.84 Å². The third kappa shape index (κ3) is 4.82. The summed E-state index contributed by atoms with van der Waals surface area (Å²) in [6, 6.07) is 9.94. The van der Waals surface area contributed by atoms with E-state index in [0.29, 0.717) is 28.5 Å². The molecule has 0 radical (unpaired) electrons. The maximum absolute atomic E-state index is 12.7. The van der Waals surface area contributed by atoms with E-state index in [4.69, 9.17) is 4.52 Å². The second kappa shape index (κ2) is 8.06. The Labute approximate surface area is 165 Å². The van der Waals surface area contributed by atoms with Crippen LogP contribution in [0.15, 0.2) is 47.0 Å². The van der Waals surface area contributed by atoms with Crippen molar-refractivity contribution < 1.29 is 22.5 Å². The van der Waals surface area contributed by atoms with Crippen LogP contribution in [-0.2, 0) is 17.4 Å². The summed E-state index contributed by atoms with van der Waals surface area (Å²) in [6.07, 6.45) is -4.47. The topological polar surface area (TPSA) is 68.0 Å². The lowest BCUT2D eigenvalue weighted by molar-refractivity contribution is -0.137. The van der Waals surface area contributed by atoms with E-state index >= 15 is 0 Å². The number of halogens is 3. The minimum atomic E-state index is -4.41. The quantitative estimate of drug-likeness (QED) is 0.622. The SMILES string of the molecule is Cc1cccc(-c2nc(C(C)C)no2)c1NC(=O)Cc1ccc(C(F)(F)F)cc1. The van der Waals surface area contributed by atoms with E-state index in [-0.39, 0.29) is 18.2 Å². The average molecular weight is 403 g/mol. The lowest BCUT2D eigenvalue weighted by atomic mass is 10.1. The molecule has 8 heteroatoms. The fourth-order valence-corrected chi connectivity index (χ4v) is 2.77. The molecule has 0 saturated carbocycles. The number of aromatic nitrogens is 2. The van der Waals surface area contributed by atoms with Gasteiger partial charge >= 0.3 is 6.18 Å². The van der Waals surface area contributed by atoms with Gasteiger partial charge in [0.15, 0.2) is 5.82 Å². The Balaban J connectivity index is 1.80. The van der Waals surface area contributed by atoms with Gasteiger partial charge in [-0.2, -0.15) is 18.2 Å². The summed E-state index contributed by atoms with van der Waals surface area (Å²) < 4.78 is 43.3. The molecule has 1 aromatic heterocycles. The van der Waals surface area contributed by atoms with Crippen molar-refractivity contribution in [2.24, 2.45) is 0 Å². The van der Waals surface area contributed by atoms with Crippen molar-refractivity contribution in [3.8, 4) is 11.5 Å². The fraction of sp³-hybridized carbons (Fsp3) is 0.286. The second-order valence-corrected chi connectivity index (χ2v) is 7.03. The first-order valence-corrected chi connectivity index (χ1v) is 9.04. The molecule has 0 atom stereocenters. The summed E-state index contributed by atoms with van der Waals surface area (Å²) in [5, 5.41) is 6.77. The number of hydrogen-bond acceptors (Lipinski definition) is 4. The molecule has 5 nitrogen and oxygen atoms in total. The van der Waals surface area contributed by atoms with Crippen LogP contribution in [0.4, 0.5) is 18.9 Å². The number of nitrogens with one attached hydrogen (secondary N) is 1. The zero-order chi connectivity index (χ0) is 21.2. The van der Waals surface area contributed by atoms with Gasteiger partial charge in [-0.25, -0.2) is 0 Å². The number of anilines is 1. The number of rotatable bonds is 5. The highest BCUT2D eigenvalue weighted by atomic mass is 19.4. The van der Waals surface area contributed by atoms with E-state index in [1.807, 2.05) is 32.9 Å². The molecule has 0 saturated heterocycles. The molecule has 0 fully saturated rings. The highest BCUT2D eigenvalue weighted by molar-refractivity contribution is 5.96. The van der Waals surface area contributed by atoms with Crippen molar-refractivity contribution in [2.45, 2.75) is 39.3 Å². The Morgan fingerprint density at radius 3 is 2.41 bits per heavy atom. The molecule has 1 N–H and O–H groups in total. The number of nitrogens with zero attached hydrogens (tertiary/aromatic N) is 2. The monoisotopic (exact) mass is 403 g/mol.